The zero-order valence-electron chi connectivity index (χ0n) is 10.1. The highest BCUT2D eigenvalue weighted by molar-refractivity contribution is 5.71. The minimum atomic E-state index is -0.536. The first-order chi connectivity index (χ1) is 7.37. The number of hydrogen-bond donors (Lipinski definition) is 1. The van der Waals surface area contributed by atoms with E-state index in [9.17, 15) is 4.79 Å². The smallest absolute Gasteiger partial charge is 0.420 e. The van der Waals surface area contributed by atoms with Gasteiger partial charge in [-0.2, -0.15) is 0 Å². The van der Waals surface area contributed by atoms with E-state index in [0.717, 1.165) is 0 Å². The molecule has 0 amide bonds. The second-order valence-corrected chi connectivity index (χ2v) is 4.51. The van der Waals surface area contributed by atoms with Crippen molar-refractivity contribution in [1.29, 1.82) is 0 Å². The van der Waals surface area contributed by atoms with Gasteiger partial charge in [-0.25, -0.2) is 14.3 Å². The lowest BCUT2D eigenvalue weighted by Gasteiger charge is -2.19. The third kappa shape index (κ3) is 3.06. The summed E-state index contributed by atoms with van der Waals surface area (Å²) in [5, 5.41) is 8.96. The van der Waals surface area contributed by atoms with Crippen LogP contribution >= 0.6 is 0 Å². The Balaban J connectivity index is 2.94. The van der Waals surface area contributed by atoms with E-state index < -0.39 is 11.7 Å². The number of aliphatic hydroxyl groups is 1. The number of aryl methyl sites for hydroxylation is 1. The van der Waals surface area contributed by atoms with Gasteiger partial charge in [0.1, 0.15) is 11.4 Å². The molecular formula is C11H18N2O3. The largest absolute Gasteiger partial charge is 0.443 e. The number of imidazole rings is 1. The molecule has 0 aliphatic heterocycles. The molecule has 0 unspecified atom stereocenters. The zero-order valence-corrected chi connectivity index (χ0v) is 10.1. The van der Waals surface area contributed by atoms with Gasteiger partial charge in [0, 0.05) is 12.6 Å². The fourth-order valence-electron chi connectivity index (χ4n) is 1.27. The van der Waals surface area contributed by atoms with Crippen molar-refractivity contribution in [2.24, 2.45) is 0 Å². The second kappa shape index (κ2) is 4.65. The third-order valence-electron chi connectivity index (χ3n) is 1.90. The van der Waals surface area contributed by atoms with Crippen LogP contribution in [0.25, 0.3) is 0 Å². The van der Waals surface area contributed by atoms with Gasteiger partial charge >= 0.3 is 6.09 Å². The SMILES string of the molecule is CCc1nc(CO)cn1C(=O)OC(C)(C)C. The molecule has 1 heterocycles. The van der Waals surface area contributed by atoms with Crippen molar-refractivity contribution in [3.8, 4) is 0 Å². The van der Waals surface area contributed by atoms with E-state index in [1.807, 2.05) is 6.92 Å². The predicted octanol–water partition coefficient (Wildman–Crippen LogP) is 1.72. The van der Waals surface area contributed by atoms with Gasteiger partial charge in [-0.05, 0) is 20.8 Å². The molecule has 1 N–H and O–H groups in total. The van der Waals surface area contributed by atoms with Crippen molar-refractivity contribution in [3.63, 3.8) is 0 Å². The summed E-state index contributed by atoms with van der Waals surface area (Å²) in [6, 6.07) is 0. The minimum Gasteiger partial charge on any atom is -0.443 e. The van der Waals surface area contributed by atoms with Crippen molar-refractivity contribution in [3.05, 3.63) is 17.7 Å². The summed E-state index contributed by atoms with van der Waals surface area (Å²) in [5.74, 6) is 0.596. The number of carbonyl (C=O) groups excluding carboxylic acids is 1. The van der Waals surface area contributed by atoms with Gasteiger partial charge in [-0.3, -0.25) is 0 Å². The maximum atomic E-state index is 11.8. The number of hydrogen-bond acceptors (Lipinski definition) is 4. The molecule has 1 aromatic heterocycles. The maximum Gasteiger partial charge on any atom is 0.420 e. The molecule has 0 fully saturated rings. The van der Waals surface area contributed by atoms with Crippen molar-refractivity contribution in [2.75, 3.05) is 0 Å². The number of aliphatic hydroxyl groups excluding tert-OH is 1. The lowest BCUT2D eigenvalue weighted by Crippen LogP contribution is -2.27. The predicted molar refractivity (Wildman–Crippen MR) is 59.2 cm³/mol. The van der Waals surface area contributed by atoms with Crippen molar-refractivity contribution >= 4 is 6.09 Å². The van der Waals surface area contributed by atoms with E-state index in [1.165, 1.54) is 10.8 Å². The fourth-order valence-corrected chi connectivity index (χ4v) is 1.27. The number of carbonyl (C=O) groups is 1. The average molecular weight is 226 g/mol. The van der Waals surface area contributed by atoms with Crippen LogP contribution in [0.2, 0.25) is 0 Å². The molecule has 0 bridgehead atoms. The van der Waals surface area contributed by atoms with Crippen LogP contribution in [0.3, 0.4) is 0 Å². The Morgan fingerprint density at radius 2 is 2.19 bits per heavy atom. The Labute approximate surface area is 95.1 Å². The Bertz CT molecular complexity index is 377. The minimum absolute atomic E-state index is 0.178. The molecule has 0 radical (unpaired) electrons. The quantitative estimate of drug-likeness (QED) is 0.834. The Kier molecular flexibility index (Phi) is 3.70. The summed E-state index contributed by atoms with van der Waals surface area (Å²) >= 11 is 0. The molecule has 0 atom stereocenters. The highest BCUT2D eigenvalue weighted by Gasteiger charge is 2.20. The molecule has 0 aromatic carbocycles. The molecular weight excluding hydrogens is 208 g/mol. The fraction of sp³-hybridized carbons (Fsp3) is 0.636. The molecule has 0 spiro atoms. The van der Waals surface area contributed by atoms with E-state index in [-0.39, 0.29) is 6.61 Å². The average Bonchev–Trinajstić information content (AvgIpc) is 2.58. The Hall–Kier alpha value is -1.36. The third-order valence-corrected chi connectivity index (χ3v) is 1.90. The summed E-state index contributed by atoms with van der Waals surface area (Å²) in [7, 11) is 0. The van der Waals surface area contributed by atoms with Gasteiger partial charge < -0.3 is 9.84 Å². The van der Waals surface area contributed by atoms with Crippen LogP contribution in [0.5, 0.6) is 0 Å². The Morgan fingerprint density at radius 3 is 2.62 bits per heavy atom. The summed E-state index contributed by atoms with van der Waals surface area (Å²) in [6.45, 7) is 7.13. The first-order valence-electron chi connectivity index (χ1n) is 5.28. The molecule has 1 rings (SSSR count). The highest BCUT2D eigenvalue weighted by atomic mass is 16.6. The summed E-state index contributed by atoms with van der Waals surface area (Å²) in [5.41, 5.74) is -0.0612. The topological polar surface area (TPSA) is 64.4 Å². The van der Waals surface area contributed by atoms with Gasteiger partial charge in [0.05, 0.1) is 12.3 Å². The van der Waals surface area contributed by atoms with Crippen LogP contribution in [0, 0.1) is 0 Å². The van der Waals surface area contributed by atoms with Gasteiger partial charge in [0.2, 0.25) is 0 Å². The first kappa shape index (κ1) is 12.7. The summed E-state index contributed by atoms with van der Waals surface area (Å²) < 4.78 is 6.57. The summed E-state index contributed by atoms with van der Waals surface area (Å²) in [6.07, 6.45) is 1.66. The number of ether oxygens (including phenoxy) is 1. The van der Waals surface area contributed by atoms with Gasteiger partial charge in [-0.1, -0.05) is 6.92 Å². The molecule has 90 valence electrons. The standard InChI is InChI=1S/C11H18N2O3/c1-5-9-12-8(7-14)6-13(9)10(15)16-11(2,3)4/h6,14H,5,7H2,1-4H3. The van der Waals surface area contributed by atoms with Gasteiger partial charge in [0.25, 0.3) is 0 Å². The van der Waals surface area contributed by atoms with Crippen LogP contribution in [0.1, 0.15) is 39.2 Å². The number of rotatable bonds is 2. The van der Waals surface area contributed by atoms with E-state index in [2.05, 4.69) is 4.98 Å². The van der Waals surface area contributed by atoms with Gasteiger partial charge in [-0.15, -0.1) is 0 Å². The maximum absolute atomic E-state index is 11.8. The van der Waals surface area contributed by atoms with Crippen molar-refractivity contribution < 1.29 is 14.6 Å². The first-order valence-corrected chi connectivity index (χ1v) is 5.28. The monoisotopic (exact) mass is 226 g/mol. The molecule has 1 aromatic rings. The van der Waals surface area contributed by atoms with E-state index >= 15 is 0 Å². The Morgan fingerprint density at radius 1 is 1.56 bits per heavy atom. The van der Waals surface area contributed by atoms with Crippen molar-refractivity contribution in [1.82, 2.24) is 9.55 Å². The van der Waals surface area contributed by atoms with Crippen LogP contribution in [-0.4, -0.2) is 26.4 Å². The molecule has 16 heavy (non-hydrogen) atoms. The van der Waals surface area contributed by atoms with E-state index in [0.29, 0.717) is 17.9 Å². The zero-order chi connectivity index (χ0) is 12.3. The lowest BCUT2D eigenvalue weighted by atomic mass is 10.2. The molecule has 0 saturated heterocycles. The lowest BCUT2D eigenvalue weighted by molar-refractivity contribution is 0.0532. The van der Waals surface area contributed by atoms with Crippen LogP contribution in [-0.2, 0) is 17.8 Å². The molecule has 0 aliphatic rings. The molecule has 0 saturated carbocycles. The molecule has 5 nitrogen and oxygen atoms in total. The molecule has 5 heteroatoms. The van der Waals surface area contributed by atoms with Crippen LogP contribution < -0.4 is 0 Å². The second-order valence-electron chi connectivity index (χ2n) is 4.51. The summed E-state index contributed by atoms with van der Waals surface area (Å²) in [4.78, 5) is 15.9. The van der Waals surface area contributed by atoms with E-state index in [4.69, 9.17) is 9.84 Å². The van der Waals surface area contributed by atoms with Crippen molar-refractivity contribution in [2.45, 2.75) is 46.3 Å². The number of nitrogens with zero attached hydrogens (tertiary/aromatic N) is 2. The highest BCUT2D eigenvalue weighted by Crippen LogP contribution is 2.12. The molecule has 0 aliphatic carbocycles. The van der Waals surface area contributed by atoms with Gasteiger partial charge in [0.15, 0.2) is 0 Å². The van der Waals surface area contributed by atoms with Crippen LogP contribution in [0.15, 0.2) is 6.20 Å². The number of aromatic nitrogens is 2. The van der Waals surface area contributed by atoms with Crippen LogP contribution in [0.4, 0.5) is 4.79 Å². The normalized spacial score (nSPS) is 11.6. The van der Waals surface area contributed by atoms with E-state index in [1.54, 1.807) is 20.8 Å².